The van der Waals surface area contributed by atoms with Crippen LogP contribution in [-0.4, -0.2) is 45.7 Å². The molecule has 174 valence electrons. The average molecular weight is 462 g/mol. The second-order valence-electron chi connectivity index (χ2n) is 7.31. The van der Waals surface area contributed by atoms with Crippen molar-refractivity contribution in [3.63, 3.8) is 0 Å². The molecule has 2 amide bonds. The third-order valence-electron chi connectivity index (χ3n) is 4.74. The lowest BCUT2D eigenvalue weighted by Gasteiger charge is -2.28. The fourth-order valence-electron chi connectivity index (χ4n) is 3.17. The molecule has 2 aromatic rings. The molecule has 0 spiro atoms. The number of ether oxygens (including phenoxy) is 1. The topological polar surface area (TPSA) is 105 Å². The molecule has 0 aromatic heterocycles. The minimum atomic E-state index is -3.77. The first-order valence-corrected chi connectivity index (χ1v) is 12.4. The van der Waals surface area contributed by atoms with Crippen molar-refractivity contribution in [3.05, 3.63) is 54.1 Å². The Bertz CT molecular complexity index is 1020. The molecule has 0 fully saturated rings. The molecule has 0 unspecified atom stereocenters. The number of rotatable bonds is 11. The Labute approximate surface area is 190 Å². The van der Waals surface area contributed by atoms with Crippen LogP contribution in [0.5, 0.6) is 5.75 Å². The Morgan fingerprint density at radius 2 is 1.72 bits per heavy atom. The van der Waals surface area contributed by atoms with E-state index in [1.807, 2.05) is 13.8 Å². The van der Waals surface area contributed by atoms with E-state index in [0.29, 0.717) is 35.8 Å². The van der Waals surface area contributed by atoms with Crippen LogP contribution in [0.25, 0.3) is 0 Å². The van der Waals surface area contributed by atoms with Crippen molar-refractivity contribution in [2.24, 2.45) is 0 Å². The number of benzene rings is 2. The quantitative estimate of drug-likeness (QED) is 0.499. The molecule has 32 heavy (non-hydrogen) atoms. The zero-order valence-electron chi connectivity index (χ0n) is 18.9. The molecule has 0 aliphatic rings. The van der Waals surface area contributed by atoms with Gasteiger partial charge in [-0.2, -0.15) is 0 Å². The molecule has 2 N–H and O–H groups in total. The van der Waals surface area contributed by atoms with Gasteiger partial charge in [0.05, 0.1) is 29.8 Å². The number of sulfonamides is 1. The number of anilines is 2. The predicted octanol–water partition coefficient (Wildman–Crippen LogP) is 3.41. The SMILES string of the molecule is CCCCNC(=O)c1ccccc1NC(=O)[C@@H](C)N(c1ccc(OCC)cc1)S(C)(=O)=O. The highest BCUT2D eigenvalue weighted by Crippen LogP contribution is 2.25. The van der Waals surface area contributed by atoms with Crippen molar-refractivity contribution in [3.8, 4) is 5.75 Å². The Kier molecular flexibility index (Phi) is 9.07. The summed E-state index contributed by atoms with van der Waals surface area (Å²) in [5.74, 6) is -0.253. The smallest absolute Gasteiger partial charge is 0.253 e. The van der Waals surface area contributed by atoms with Gasteiger partial charge in [0.2, 0.25) is 15.9 Å². The van der Waals surface area contributed by atoms with Gasteiger partial charge in [-0.3, -0.25) is 13.9 Å². The lowest BCUT2D eigenvalue weighted by Crippen LogP contribution is -2.45. The Morgan fingerprint density at radius 3 is 2.31 bits per heavy atom. The van der Waals surface area contributed by atoms with E-state index >= 15 is 0 Å². The highest BCUT2D eigenvalue weighted by Gasteiger charge is 2.29. The largest absolute Gasteiger partial charge is 0.494 e. The number of nitrogens with one attached hydrogen (secondary N) is 2. The van der Waals surface area contributed by atoms with E-state index in [-0.39, 0.29) is 5.91 Å². The van der Waals surface area contributed by atoms with Crippen LogP contribution in [0.2, 0.25) is 0 Å². The minimum absolute atomic E-state index is 0.298. The number of para-hydroxylation sites is 1. The van der Waals surface area contributed by atoms with E-state index < -0.39 is 22.0 Å². The van der Waals surface area contributed by atoms with E-state index in [1.54, 1.807) is 48.5 Å². The number of carbonyl (C=O) groups excluding carboxylic acids is 2. The summed E-state index contributed by atoms with van der Waals surface area (Å²) in [6.45, 7) is 6.40. The second-order valence-corrected chi connectivity index (χ2v) is 9.17. The molecule has 9 heteroatoms. The first-order chi connectivity index (χ1) is 15.2. The van der Waals surface area contributed by atoms with Gasteiger partial charge in [0.25, 0.3) is 5.91 Å². The van der Waals surface area contributed by atoms with Crippen LogP contribution in [0, 0.1) is 0 Å². The van der Waals surface area contributed by atoms with E-state index in [4.69, 9.17) is 4.74 Å². The number of carbonyl (C=O) groups is 2. The Hall–Kier alpha value is -3.07. The van der Waals surface area contributed by atoms with Gasteiger partial charge in [0.15, 0.2) is 0 Å². The molecule has 2 rings (SSSR count). The number of amides is 2. The number of nitrogens with zero attached hydrogens (tertiary/aromatic N) is 1. The van der Waals surface area contributed by atoms with Crippen molar-refractivity contribution < 1.29 is 22.7 Å². The summed E-state index contributed by atoms with van der Waals surface area (Å²) in [7, 11) is -3.77. The molecule has 0 bridgehead atoms. The average Bonchev–Trinajstić information content (AvgIpc) is 2.74. The monoisotopic (exact) mass is 461 g/mol. The number of hydrogen-bond acceptors (Lipinski definition) is 5. The van der Waals surface area contributed by atoms with Crippen LogP contribution < -0.4 is 19.7 Å². The summed E-state index contributed by atoms with van der Waals surface area (Å²) < 4.78 is 31.5. The molecule has 2 aromatic carbocycles. The van der Waals surface area contributed by atoms with Crippen molar-refractivity contribution >= 4 is 33.2 Å². The summed E-state index contributed by atoms with van der Waals surface area (Å²) in [5, 5.41) is 5.53. The zero-order chi connectivity index (χ0) is 23.7. The summed E-state index contributed by atoms with van der Waals surface area (Å²) >= 11 is 0. The molecule has 0 aliphatic carbocycles. The van der Waals surface area contributed by atoms with Crippen molar-refractivity contribution in [2.45, 2.75) is 39.7 Å². The first kappa shape index (κ1) is 25.2. The fourth-order valence-corrected chi connectivity index (χ4v) is 4.34. The van der Waals surface area contributed by atoms with E-state index in [1.165, 1.54) is 6.92 Å². The molecular formula is C23H31N3O5S. The van der Waals surface area contributed by atoms with Gasteiger partial charge in [0.1, 0.15) is 11.8 Å². The molecule has 8 nitrogen and oxygen atoms in total. The Morgan fingerprint density at radius 1 is 1.06 bits per heavy atom. The molecule has 0 radical (unpaired) electrons. The summed E-state index contributed by atoms with van der Waals surface area (Å²) in [6.07, 6.45) is 2.84. The van der Waals surface area contributed by atoms with Crippen molar-refractivity contribution in [1.29, 1.82) is 0 Å². The first-order valence-electron chi connectivity index (χ1n) is 10.6. The molecule has 0 heterocycles. The van der Waals surface area contributed by atoms with Crippen LogP contribution in [0.1, 0.15) is 44.0 Å². The second kappa shape index (κ2) is 11.5. The van der Waals surface area contributed by atoms with E-state index in [0.717, 1.165) is 23.4 Å². The maximum absolute atomic E-state index is 13.0. The lowest BCUT2D eigenvalue weighted by atomic mass is 10.1. The molecule has 0 aliphatic heterocycles. The van der Waals surface area contributed by atoms with Gasteiger partial charge < -0.3 is 15.4 Å². The van der Waals surface area contributed by atoms with Crippen LogP contribution in [0.15, 0.2) is 48.5 Å². The maximum atomic E-state index is 13.0. The van der Waals surface area contributed by atoms with E-state index in [2.05, 4.69) is 10.6 Å². The lowest BCUT2D eigenvalue weighted by molar-refractivity contribution is -0.116. The van der Waals surface area contributed by atoms with Crippen LogP contribution in [0.3, 0.4) is 0 Å². The molecule has 0 saturated carbocycles. The van der Waals surface area contributed by atoms with E-state index in [9.17, 15) is 18.0 Å². The third-order valence-corrected chi connectivity index (χ3v) is 5.98. The van der Waals surface area contributed by atoms with Crippen LogP contribution in [0.4, 0.5) is 11.4 Å². The summed E-state index contributed by atoms with van der Waals surface area (Å²) in [6, 6.07) is 12.0. The molecule has 1 atom stereocenters. The summed E-state index contributed by atoms with van der Waals surface area (Å²) in [5.41, 5.74) is 0.971. The standard InChI is InChI=1S/C23H31N3O5S/c1-5-7-16-24-23(28)20-10-8-9-11-21(20)25-22(27)17(3)26(32(4,29)30)18-12-14-19(15-13-18)31-6-2/h8-15,17H,5-7,16H2,1-4H3,(H,24,28)(H,25,27)/t17-/m1/s1. The predicted molar refractivity (Wildman–Crippen MR) is 127 cm³/mol. The molecular weight excluding hydrogens is 430 g/mol. The van der Waals surface area contributed by atoms with Gasteiger partial charge >= 0.3 is 0 Å². The Balaban J connectivity index is 2.25. The number of unbranched alkanes of at least 4 members (excludes halogenated alkanes) is 1. The van der Waals surface area contributed by atoms with Crippen molar-refractivity contribution in [1.82, 2.24) is 5.32 Å². The molecule has 0 saturated heterocycles. The summed E-state index contributed by atoms with van der Waals surface area (Å²) in [4.78, 5) is 25.5. The normalized spacial score (nSPS) is 12.0. The minimum Gasteiger partial charge on any atom is -0.494 e. The zero-order valence-corrected chi connectivity index (χ0v) is 19.7. The fraction of sp³-hybridized carbons (Fsp3) is 0.391. The highest BCUT2D eigenvalue weighted by molar-refractivity contribution is 7.92. The third kappa shape index (κ3) is 6.71. The van der Waals surface area contributed by atoms with Gasteiger partial charge in [-0.25, -0.2) is 8.42 Å². The van der Waals surface area contributed by atoms with Gasteiger partial charge in [-0.15, -0.1) is 0 Å². The van der Waals surface area contributed by atoms with Crippen LogP contribution in [-0.2, 0) is 14.8 Å². The van der Waals surface area contributed by atoms with Crippen LogP contribution >= 0.6 is 0 Å². The van der Waals surface area contributed by atoms with Gasteiger partial charge in [0, 0.05) is 6.54 Å². The maximum Gasteiger partial charge on any atom is 0.253 e. The highest BCUT2D eigenvalue weighted by atomic mass is 32.2. The van der Waals surface area contributed by atoms with Gasteiger partial charge in [-0.1, -0.05) is 25.5 Å². The number of hydrogen-bond donors (Lipinski definition) is 2. The van der Waals surface area contributed by atoms with Gasteiger partial charge in [-0.05, 0) is 56.7 Å². The van der Waals surface area contributed by atoms with Crippen molar-refractivity contribution in [2.75, 3.05) is 29.0 Å².